The monoisotopic (exact) mass is 114 g/mol. The molecule has 48 valence electrons. The minimum atomic E-state index is 0.253. The van der Waals surface area contributed by atoms with Crippen molar-refractivity contribution in [2.45, 2.75) is 25.9 Å². The van der Waals surface area contributed by atoms with Gasteiger partial charge in [-0.2, -0.15) is 0 Å². The van der Waals surface area contributed by atoms with Crippen molar-refractivity contribution in [3.63, 3.8) is 0 Å². The van der Waals surface area contributed by atoms with E-state index >= 15 is 0 Å². The summed E-state index contributed by atoms with van der Waals surface area (Å²) in [6.45, 7) is 3.29. The third kappa shape index (κ3) is 1.20. The van der Waals surface area contributed by atoms with E-state index in [0.29, 0.717) is 5.92 Å². The highest BCUT2D eigenvalue weighted by Gasteiger charge is 2.15. The molecule has 0 aromatic rings. The van der Waals surface area contributed by atoms with Crippen LogP contribution < -0.4 is 11.1 Å². The Balaban J connectivity index is 2.28. The summed E-state index contributed by atoms with van der Waals surface area (Å²) < 4.78 is 0. The first kappa shape index (κ1) is 6.05. The second kappa shape index (κ2) is 2.46. The standard InChI is InChI=1S/C6H14N2/c1-5-3-2-4-8-6(5)7/h5-6,8H,2-4,7H2,1H3. The van der Waals surface area contributed by atoms with Crippen molar-refractivity contribution < 1.29 is 0 Å². The molecule has 1 saturated heterocycles. The molecule has 0 aromatic carbocycles. The normalized spacial score (nSPS) is 39.8. The molecule has 0 aliphatic carbocycles. The SMILES string of the molecule is CC1CCCNC1N. The average Bonchev–Trinajstić information content (AvgIpc) is 1.77. The van der Waals surface area contributed by atoms with Crippen LogP contribution in [0.5, 0.6) is 0 Å². The number of hydrogen-bond acceptors (Lipinski definition) is 2. The largest absolute Gasteiger partial charge is 0.316 e. The van der Waals surface area contributed by atoms with E-state index < -0.39 is 0 Å². The van der Waals surface area contributed by atoms with Crippen LogP contribution in [0.1, 0.15) is 19.8 Å². The van der Waals surface area contributed by atoms with Crippen molar-refractivity contribution in [2.24, 2.45) is 11.7 Å². The summed E-state index contributed by atoms with van der Waals surface area (Å²) in [5, 5.41) is 3.21. The van der Waals surface area contributed by atoms with Gasteiger partial charge in [-0.1, -0.05) is 6.92 Å². The second-order valence-electron chi connectivity index (χ2n) is 2.60. The average molecular weight is 114 g/mol. The highest BCUT2D eigenvalue weighted by atomic mass is 15.0. The van der Waals surface area contributed by atoms with Gasteiger partial charge in [-0.3, -0.25) is 0 Å². The van der Waals surface area contributed by atoms with Crippen LogP contribution in [0.4, 0.5) is 0 Å². The first-order chi connectivity index (χ1) is 3.80. The molecule has 2 atom stereocenters. The summed E-state index contributed by atoms with van der Waals surface area (Å²) in [6.07, 6.45) is 2.83. The summed E-state index contributed by atoms with van der Waals surface area (Å²) in [6, 6.07) is 0. The van der Waals surface area contributed by atoms with Gasteiger partial charge >= 0.3 is 0 Å². The van der Waals surface area contributed by atoms with Crippen LogP contribution in [0, 0.1) is 5.92 Å². The summed E-state index contributed by atoms with van der Waals surface area (Å²) in [4.78, 5) is 0. The first-order valence-corrected chi connectivity index (χ1v) is 3.29. The van der Waals surface area contributed by atoms with Gasteiger partial charge in [0.15, 0.2) is 0 Å². The summed E-state index contributed by atoms with van der Waals surface area (Å²) in [7, 11) is 0. The fourth-order valence-corrected chi connectivity index (χ4v) is 1.07. The van der Waals surface area contributed by atoms with Crippen LogP contribution in [0.3, 0.4) is 0 Å². The maximum absolute atomic E-state index is 5.67. The molecule has 1 fully saturated rings. The number of hydrogen-bond donors (Lipinski definition) is 2. The van der Waals surface area contributed by atoms with E-state index in [1.807, 2.05) is 0 Å². The molecule has 1 heterocycles. The molecule has 3 N–H and O–H groups in total. The van der Waals surface area contributed by atoms with Crippen LogP contribution in [-0.2, 0) is 0 Å². The highest BCUT2D eigenvalue weighted by Crippen LogP contribution is 2.10. The predicted octanol–water partition coefficient (Wildman–Crippen LogP) is 0.291. The van der Waals surface area contributed by atoms with E-state index in [0.717, 1.165) is 6.54 Å². The Morgan fingerprint density at radius 3 is 2.75 bits per heavy atom. The lowest BCUT2D eigenvalue weighted by atomic mass is 9.99. The molecule has 0 radical (unpaired) electrons. The van der Waals surface area contributed by atoms with Gasteiger partial charge in [-0.05, 0) is 25.3 Å². The number of nitrogens with one attached hydrogen (secondary N) is 1. The maximum Gasteiger partial charge on any atom is 0.0572 e. The number of rotatable bonds is 0. The zero-order valence-corrected chi connectivity index (χ0v) is 5.35. The Morgan fingerprint density at radius 2 is 2.38 bits per heavy atom. The van der Waals surface area contributed by atoms with Crippen molar-refractivity contribution in [1.29, 1.82) is 0 Å². The molecule has 8 heavy (non-hydrogen) atoms. The molecule has 1 aliphatic heterocycles. The Labute approximate surface area is 50.4 Å². The molecular weight excluding hydrogens is 100 g/mol. The van der Waals surface area contributed by atoms with E-state index in [4.69, 9.17) is 5.73 Å². The van der Waals surface area contributed by atoms with Crippen LogP contribution in [0.25, 0.3) is 0 Å². The van der Waals surface area contributed by atoms with Crippen LogP contribution in [-0.4, -0.2) is 12.7 Å². The van der Waals surface area contributed by atoms with Crippen molar-refractivity contribution >= 4 is 0 Å². The summed E-state index contributed by atoms with van der Waals surface area (Å²) in [5.41, 5.74) is 5.67. The van der Waals surface area contributed by atoms with Gasteiger partial charge in [0, 0.05) is 0 Å². The molecule has 1 aliphatic rings. The van der Waals surface area contributed by atoms with Gasteiger partial charge in [0.2, 0.25) is 0 Å². The van der Waals surface area contributed by atoms with Gasteiger partial charge < -0.3 is 11.1 Å². The first-order valence-electron chi connectivity index (χ1n) is 3.29. The Bertz CT molecular complexity index is 62.9. The van der Waals surface area contributed by atoms with Gasteiger partial charge in [0.25, 0.3) is 0 Å². The number of nitrogens with two attached hydrogens (primary N) is 1. The highest BCUT2D eigenvalue weighted by molar-refractivity contribution is 4.72. The van der Waals surface area contributed by atoms with Gasteiger partial charge in [-0.15, -0.1) is 0 Å². The fraction of sp³-hybridized carbons (Fsp3) is 1.00. The molecule has 1 rings (SSSR count). The minimum absolute atomic E-state index is 0.253. The molecule has 0 spiro atoms. The summed E-state index contributed by atoms with van der Waals surface area (Å²) >= 11 is 0. The molecule has 0 saturated carbocycles. The lowest BCUT2D eigenvalue weighted by Crippen LogP contribution is -2.46. The lowest BCUT2D eigenvalue weighted by molar-refractivity contribution is 0.307. The zero-order chi connectivity index (χ0) is 5.98. The molecular formula is C6H14N2. The van der Waals surface area contributed by atoms with Crippen molar-refractivity contribution in [3.05, 3.63) is 0 Å². The second-order valence-corrected chi connectivity index (χ2v) is 2.60. The van der Waals surface area contributed by atoms with E-state index in [1.165, 1.54) is 12.8 Å². The maximum atomic E-state index is 5.67. The van der Waals surface area contributed by atoms with Crippen molar-refractivity contribution in [3.8, 4) is 0 Å². The third-order valence-electron chi connectivity index (χ3n) is 1.83. The van der Waals surface area contributed by atoms with Crippen molar-refractivity contribution in [2.75, 3.05) is 6.54 Å². The molecule has 2 unspecified atom stereocenters. The van der Waals surface area contributed by atoms with E-state index in [-0.39, 0.29) is 6.17 Å². The summed E-state index contributed by atoms with van der Waals surface area (Å²) in [5.74, 6) is 0.670. The van der Waals surface area contributed by atoms with Crippen LogP contribution >= 0.6 is 0 Å². The van der Waals surface area contributed by atoms with Gasteiger partial charge in [0.1, 0.15) is 0 Å². The Hall–Kier alpha value is -0.0800. The molecule has 2 nitrogen and oxygen atoms in total. The van der Waals surface area contributed by atoms with E-state index in [1.54, 1.807) is 0 Å². The van der Waals surface area contributed by atoms with Gasteiger partial charge in [0.05, 0.1) is 6.17 Å². The van der Waals surface area contributed by atoms with Crippen LogP contribution in [0.15, 0.2) is 0 Å². The fourth-order valence-electron chi connectivity index (χ4n) is 1.07. The predicted molar refractivity (Wildman–Crippen MR) is 34.4 cm³/mol. The Morgan fingerprint density at radius 1 is 1.62 bits per heavy atom. The Kier molecular flexibility index (Phi) is 1.86. The van der Waals surface area contributed by atoms with Gasteiger partial charge in [-0.25, -0.2) is 0 Å². The zero-order valence-electron chi connectivity index (χ0n) is 5.35. The smallest absolute Gasteiger partial charge is 0.0572 e. The van der Waals surface area contributed by atoms with E-state index in [9.17, 15) is 0 Å². The number of piperidine rings is 1. The van der Waals surface area contributed by atoms with Crippen molar-refractivity contribution in [1.82, 2.24) is 5.32 Å². The molecule has 0 aromatic heterocycles. The molecule has 0 bridgehead atoms. The minimum Gasteiger partial charge on any atom is -0.316 e. The third-order valence-corrected chi connectivity index (χ3v) is 1.83. The quantitative estimate of drug-likeness (QED) is 0.475. The van der Waals surface area contributed by atoms with Crippen LogP contribution in [0.2, 0.25) is 0 Å². The van der Waals surface area contributed by atoms with E-state index in [2.05, 4.69) is 12.2 Å². The topological polar surface area (TPSA) is 38.0 Å². The molecule has 2 heteroatoms. The molecule has 0 amide bonds. The lowest BCUT2D eigenvalue weighted by Gasteiger charge is -2.26.